The fraction of sp³-hybridized carbons (Fsp3) is 0.667. The van der Waals surface area contributed by atoms with E-state index in [1.165, 1.54) is 6.20 Å². The molecule has 1 aliphatic heterocycles. The van der Waals surface area contributed by atoms with Gasteiger partial charge >= 0.3 is 5.00 Å². The summed E-state index contributed by atoms with van der Waals surface area (Å²) in [5.41, 5.74) is 5.61. The van der Waals surface area contributed by atoms with E-state index >= 15 is 0 Å². The van der Waals surface area contributed by atoms with Crippen LogP contribution in [-0.2, 0) is 0 Å². The number of nitrogens with two attached hydrogens (primary N) is 1. The second-order valence-corrected chi connectivity index (χ2v) is 4.89. The van der Waals surface area contributed by atoms with Crippen molar-refractivity contribution in [3.8, 4) is 0 Å². The molecule has 6 nitrogen and oxygen atoms in total. The van der Waals surface area contributed by atoms with Crippen LogP contribution in [-0.4, -0.2) is 29.5 Å². The molecule has 1 aromatic rings. The normalized spacial score (nSPS) is 17.7. The lowest BCUT2D eigenvalue weighted by atomic mass is 9.98. The Labute approximate surface area is 97.2 Å². The Morgan fingerprint density at radius 1 is 1.62 bits per heavy atom. The van der Waals surface area contributed by atoms with Crippen LogP contribution in [0.4, 0.5) is 10.1 Å². The van der Waals surface area contributed by atoms with Crippen LogP contribution in [0.15, 0.2) is 6.20 Å². The van der Waals surface area contributed by atoms with Gasteiger partial charge in [-0.05, 0) is 36.6 Å². The number of thiazole rings is 1. The van der Waals surface area contributed by atoms with Crippen molar-refractivity contribution in [3.05, 3.63) is 16.3 Å². The molecule has 0 unspecified atom stereocenters. The third kappa shape index (κ3) is 2.30. The van der Waals surface area contributed by atoms with Crippen LogP contribution in [0.2, 0.25) is 0 Å². The zero-order valence-corrected chi connectivity index (χ0v) is 9.65. The van der Waals surface area contributed by atoms with Crippen LogP contribution in [0.3, 0.4) is 0 Å². The quantitative estimate of drug-likeness (QED) is 0.636. The summed E-state index contributed by atoms with van der Waals surface area (Å²) in [6, 6.07) is 0. The van der Waals surface area contributed by atoms with Gasteiger partial charge in [0.15, 0.2) is 5.13 Å². The first kappa shape index (κ1) is 11.3. The Morgan fingerprint density at radius 3 is 2.81 bits per heavy atom. The van der Waals surface area contributed by atoms with Crippen molar-refractivity contribution in [1.82, 2.24) is 4.98 Å². The monoisotopic (exact) mass is 242 g/mol. The van der Waals surface area contributed by atoms with Gasteiger partial charge in [0.05, 0.1) is 4.92 Å². The minimum absolute atomic E-state index is 0.107. The molecular weight excluding hydrogens is 228 g/mol. The number of nitro groups is 1. The Hall–Kier alpha value is -1.21. The van der Waals surface area contributed by atoms with Gasteiger partial charge in [0.1, 0.15) is 6.20 Å². The molecule has 2 heterocycles. The van der Waals surface area contributed by atoms with Crippen molar-refractivity contribution < 1.29 is 4.92 Å². The average molecular weight is 242 g/mol. The van der Waals surface area contributed by atoms with Gasteiger partial charge in [0, 0.05) is 13.1 Å². The van der Waals surface area contributed by atoms with Gasteiger partial charge < -0.3 is 10.6 Å². The lowest BCUT2D eigenvalue weighted by molar-refractivity contribution is -0.380. The first-order valence-corrected chi connectivity index (χ1v) is 6.07. The number of hydrogen-bond donors (Lipinski definition) is 1. The van der Waals surface area contributed by atoms with Crippen molar-refractivity contribution in [2.45, 2.75) is 12.8 Å². The van der Waals surface area contributed by atoms with Crippen LogP contribution < -0.4 is 10.6 Å². The van der Waals surface area contributed by atoms with E-state index < -0.39 is 4.92 Å². The molecule has 2 N–H and O–H groups in total. The molecule has 0 bridgehead atoms. The molecule has 0 radical (unpaired) electrons. The van der Waals surface area contributed by atoms with Crippen LogP contribution in [0.5, 0.6) is 0 Å². The van der Waals surface area contributed by atoms with E-state index in [0.29, 0.717) is 5.92 Å². The van der Waals surface area contributed by atoms with Gasteiger partial charge in [0.2, 0.25) is 0 Å². The lowest BCUT2D eigenvalue weighted by Gasteiger charge is -2.30. The Kier molecular flexibility index (Phi) is 3.35. The fourth-order valence-electron chi connectivity index (χ4n) is 1.85. The van der Waals surface area contributed by atoms with Crippen molar-refractivity contribution in [3.63, 3.8) is 0 Å². The molecule has 0 atom stereocenters. The number of piperidine rings is 1. The topological polar surface area (TPSA) is 85.3 Å². The second kappa shape index (κ2) is 4.75. The van der Waals surface area contributed by atoms with E-state index in [1.54, 1.807) is 0 Å². The maximum absolute atomic E-state index is 10.5. The highest BCUT2D eigenvalue weighted by Gasteiger charge is 2.22. The van der Waals surface area contributed by atoms with Crippen molar-refractivity contribution in [1.29, 1.82) is 0 Å². The molecule has 1 aliphatic rings. The standard InChI is InChI=1S/C9H14N4O2S/c10-5-7-1-3-12(4-2-7)9-11-6-8(16-9)13(14)15/h6-7H,1-5,10H2. The molecule has 1 aromatic heterocycles. The molecule has 0 aliphatic carbocycles. The number of anilines is 1. The molecule has 0 spiro atoms. The predicted octanol–water partition coefficient (Wildman–Crippen LogP) is 1.23. The molecule has 0 saturated carbocycles. The average Bonchev–Trinajstić information content (AvgIpc) is 2.78. The van der Waals surface area contributed by atoms with Gasteiger partial charge in [-0.3, -0.25) is 10.1 Å². The minimum atomic E-state index is -0.395. The number of aromatic nitrogens is 1. The Morgan fingerprint density at radius 2 is 2.31 bits per heavy atom. The summed E-state index contributed by atoms with van der Waals surface area (Å²) < 4.78 is 0. The van der Waals surface area contributed by atoms with Crippen molar-refractivity contribution in [2.75, 3.05) is 24.5 Å². The van der Waals surface area contributed by atoms with Gasteiger partial charge in [-0.2, -0.15) is 0 Å². The van der Waals surface area contributed by atoms with E-state index in [9.17, 15) is 10.1 Å². The van der Waals surface area contributed by atoms with Gasteiger partial charge in [-0.15, -0.1) is 0 Å². The summed E-state index contributed by atoms with van der Waals surface area (Å²) in [4.78, 5) is 16.3. The molecule has 88 valence electrons. The maximum atomic E-state index is 10.5. The van der Waals surface area contributed by atoms with E-state index in [2.05, 4.69) is 9.88 Å². The first-order valence-electron chi connectivity index (χ1n) is 5.26. The minimum Gasteiger partial charge on any atom is -0.348 e. The smallest absolute Gasteiger partial charge is 0.345 e. The number of rotatable bonds is 3. The molecule has 16 heavy (non-hydrogen) atoms. The molecule has 1 saturated heterocycles. The highest BCUT2D eigenvalue weighted by atomic mass is 32.1. The summed E-state index contributed by atoms with van der Waals surface area (Å²) in [5.74, 6) is 0.589. The SMILES string of the molecule is NCC1CCN(c2ncc([N+](=O)[O-])s2)CC1. The summed E-state index contributed by atoms with van der Waals surface area (Å²) in [7, 11) is 0. The Bertz CT molecular complexity index is 373. The number of nitrogens with zero attached hydrogens (tertiary/aromatic N) is 3. The number of hydrogen-bond acceptors (Lipinski definition) is 6. The molecule has 0 amide bonds. The summed E-state index contributed by atoms with van der Waals surface area (Å²) in [6.07, 6.45) is 3.42. The van der Waals surface area contributed by atoms with Gasteiger partial charge in [-0.25, -0.2) is 4.98 Å². The maximum Gasteiger partial charge on any atom is 0.345 e. The third-order valence-electron chi connectivity index (χ3n) is 2.88. The highest BCUT2D eigenvalue weighted by Crippen LogP contribution is 2.30. The molecule has 7 heteroatoms. The zero-order chi connectivity index (χ0) is 11.5. The van der Waals surface area contributed by atoms with Gasteiger partial charge in [0.25, 0.3) is 0 Å². The van der Waals surface area contributed by atoms with Crippen LogP contribution in [0, 0.1) is 16.0 Å². The van der Waals surface area contributed by atoms with Gasteiger partial charge in [-0.1, -0.05) is 0 Å². The fourth-order valence-corrected chi connectivity index (χ4v) is 2.63. The second-order valence-electron chi connectivity index (χ2n) is 3.90. The predicted molar refractivity (Wildman–Crippen MR) is 62.8 cm³/mol. The van der Waals surface area contributed by atoms with E-state index in [0.717, 1.165) is 48.9 Å². The zero-order valence-electron chi connectivity index (χ0n) is 8.83. The largest absolute Gasteiger partial charge is 0.348 e. The Balaban J connectivity index is 2.00. The van der Waals surface area contributed by atoms with Crippen LogP contribution in [0.25, 0.3) is 0 Å². The molecule has 2 rings (SSSR count). The van der Waals surface area contributed by atoms with E-state index in [-0.39, 0.29) is 5.00 Å². The van der Waals surface area contributed by atoms with E-state index in [1.807, 2.05) is 0 Å². The van der Waals surface area contributed by atoms with E-state index in [4.69, 9.17) is 5.73 Å². The van der Waals surface area contributed by atoms with Crippen LogP contribution >= 0.6 is 11.3 Å². The highest BCUT2D eigenvalue weighted by molar-refractivity contribution is 7.18. The third-order valence-corrected chi connectivity index (χ3v) is 3.89. The molecular formula is C9H14N4O2S. The first-order chi connectivity index (χ1) is 7.70. The lowest BCUT2D eigenvalue weighted by Crippen LogP contribution is -2.35. The summed E-state index contributed by atoms with van der Waals surface area (Å²) in [5, 5.41) is 11.4. The molecule has 0 aromatic carbocycles. The summed E-state index contributed by atoms with van der Waals surface area (Å²) >= 11 is 1.14. The van der Waals surface area contributed by atoms with Crippen molar-refractivity contribution >= 4 is 21.5 Å². The van der Waals surface area contributed by atoms with Crippen molar-refractivity contribution in [2.24, 2.45) is 11.7 Å². The summed E-state index contributed by atoms with van der Waals surface area (Å²) in [6.45, 7) is 2.52. The van der Waals surface area contributed by atoms with Crippen LogP contribution in [0.1, 0.15) is 12.8 Å². The molecule has 1 fully saturated rings.